The van der Waals surface area contributed by atoms with Gasteiger partial charge in [-0.25, -0.2) is 9.59 Å². The first kappa shape index (κ1) is 21.2. The number of aromatic amines is 1. The van der Waals surface area contributed by atoms with E-state index in [9.17, 15) is 9.59 Å². The number of H-pyrrole nitrogens is 1. The van der Waals surface area contributed by atoms with Crippen LogP contribution in [-0.2, 0) is 14.3 Å². The minimum Gasteiger partial charge on any atom is -0.496 e. The Morgan fingerprint density at radius 3 is 2.47 bits per heavy atom. The second-order valence-corrected chi connectivity index (χ2v) is 7.81. The molecule has 0 bridgehead atoms. The molecule has 30 heavy (non-hydrogen) atoms. The molecule has 0 saturated carbocycles. The maximum Gasteiger partial charge on any atom is 0.408 e. The average molecular weight is 410 g/mol. The molecule has 0 radical (unpaired) electrons. The number of rotatable bonds is 5. The number of carbonyl (C=O) groups excluding carboxylic acids is 2. The smallest absolute Gasteiger partial charge is 0.408 e. The van der Waals surface area contributed by atoms with Crippen molar-refractivity contribution in [3.8, 4) is 16.9 Å². The highest BCUT2D eigenvalue weighted by molar-refractivity contribution is 5.96. The molecule has 2 N–H and O–H groups in total. The first-order valence-corrected chi connectivity index (χ1v) is 9.55. The Morgan fingerprint density at radius 1 is 1.03 bits per heavy atom. The van der Waals surface area contributed by atoms with Gasteiger partial charge in [-0.15, -0.1) is 0 Å². The van der Waals surface area contributed by atoms with E-state index in [0.29, 0.717) is 11.3 Å². The van der Waals surface area contributed by atoms with Crippen LogP contribution in [-0.4, -0.2) is 36.9 Å². The Hall–Kier alpha value is -3.48. The Bertz CT molecular complexity index is 1060. The maximum atomic E-state index is 12.5. The summed E-state index contributed by atoms with van der Waals surface area (Å²) >= 11 is 0. The van der Waals surface area contributed by atoms with Crippen molar-refractivity contribution in [2.75, 3.05) is 14.2 Å². The minimum atomic E-state index is -1.03. The number of hydrogen-bond donors (Lipinski definition) is 2. The second kappa shape index (κ2) is 8.49. The number of ether oxygens (including phenoxy) is 3. The van der Waals surface area contributed by atoms with Crippen LogP contribution in [0.5, 0.6) is 5.75 Å². The van der Waals surface area contributed by atoms with Crippen LogP contribution in [0.2, 0.25) is 0 Å². The second-order valence-electron chi connectivity index (χ2n) is 7.81. The molecular formula is C23H26N2O5. The number of alkyl carbamates (subject to hydrolysis) is 1. The summed E-state index contributed by atoms with van der Waals surface area (Å²) in [6.07, 6.45) is 1.16. The number of esters is 1. The third-order valence-electron chi connectivity index (χ3n) is 4.53. The van der Waals surface area contributed by atoms with Crippen LogP contribution in [0, 0.1) is 0 Å². The van der Waals surface area contributed by atoms with Gasteiger partial charge in [0.25, 0.3) is 0 Å². The van der Waals surface area contributed by atoms with Crippen molar-refractivity contribution in [3.05, 3.63) is 54.2 Å². The fourth-order valence-corrected chi connectivity index (χ4v) is 3.25. The number of fused-ring (bicyclic) bond motifs is 1. The van der Waals surface area contributed by atoms with E-state index in [4.69, 9.17) is 14.2 Å². The lowest BCUT2D eigenvalue weighted by atomic mass is 9.97. The van der Waals surface area contributed by atoms with Crippen LogP contribution in [0.4, 0.5) is 4.79 Å². The van der Waals surface area contributed by atoms with Gasteiger partial charge < -0.3 is 24.5 Å². The molecule has 1 aromatic heterocycles. The molecule has 158 valence electrons. The topological polar surface area (TPSA) is 89.7 Å². The molecule has 0 spiro atoms. The van der Waals surface area contributed by atoms with Crippen molar-refractivity contribution in [3.63, 3.8) is 0 Å². The van der Waals surface area contributed by atoms with Gasteiger partial charge in [0.05, 0.1) is 19.7 Å². The molecular weight excluding hydrogens is 384 g/mol. The Labute approximate surface area is 175 Å². The first-order valence-electron chi connectivity index (χ1n) is 9.55. The number of para-hydroxylation sites is 1. The van der Waals surface area contributed by atoms with E-state index in [-0.39, 0.29) is 0 Å². The zero-order chi connectivity index (χ0) is 21.9. The van der Waals surface area contributed by atoms with Crippen LogP contribution < -0.4 is 10.1 Å². The van der Waals surface area contributed by atoms with Crippen molar-refractivity contribution in [2.24, 2.45) is 0 Å². The summed E-state index contributed by atoms with van der Waals surface area (Å²) < 4.78 is 15.8. The number of carbonyl (C=O) groups is 2. The quantitative estimate of drug-likeness (QED) is 0.601. The van der Waals surface area contributed by atoms with Crippen molar-refractivity contribution in [1.82, 2.24) is 10.3 Å². The predicted molar refractivity (Wildman–Crippen MR) is 114 cm³/mol. The molecule has 7 heteroatoms. The van der Waals surface area contributed by atoms with Gasteiger partial charge in [-0.1, -0.05) is 24.3 Å². The van der Waals surface area contributed by atoms with Crippen molar-refractivity contribution < 1.29 is 23.8 Å². The Kier molecular flexibility index (Phi) is 6.01. The molecule has 1 heterocycles. The first-order chi connectivity index (χ1) is 14.2. The number of amides is 1. The molecule has 7 nitrogen and oxygen atoms in total. The van der Waals surface area contributed by atoms with Gasteiger partial charge in [0.1, 0.15) is 11.4 Å². The summed E-state index contributed by atoms with van der Waals surface area (Å²) in [7, 11) is 2.86. The van der Waals surface area contributed by atoms with E-state index >= 15 is 0 Å². The van der Waals surface area contributed by atoms with E-state index in [0.717, 1.165) is 22.0 Å². The summed E-state index contributed by atoms with van der Waals surface area (Å²) in [6.45, 7) is 5.26. The maximum absolute atomic E-state index is 12.5. The molecule has 1 amide bonds. The van der Waals surface area contributed by atoms with Crippen LogP contribution in [0.3, 0.4) is 0 Å². The van der Waals surface area contributed by atoms with Crippen molar-refractivity contribution >= 4 is 23.0 Å². The molecule has 2 aromatic carbocycles. The van der Waals surface area contributed by atoms with E-state index in [1.807, 2.05) is 36.5 Å². The van der Waals surface area contributed by atoms with Gasteiger partial charge in [0.15, 0.2) is 6.04 Å². The molecule has 1 atom stereocenters. The third kappa shape index (κ3) is 4.56. The zero-order valence-electron chi connectivity index (χ0n) is 17.7. The largest absolute Gasteiger partial charge is 0.496 e. The fraction of sp³-hybridized carbons (Fsp3) is 0.304. The average Bonchev–Trinajstić information content (AvgIpc) is 3.18. The van der Waals surface area contributed by atoms with Crippen molar-refractivity contribution in [2.45, 2.75) is 32.4 Å². The van der Waals surface area contributed by atoms with Crippen LogP contribution in [0.1, 0.15) is 32.4 Å². The Morgan fingerprint density at radius 2 is 1.80 bits per heavy atom. The van der Waals surface area contributed by atoms with Crippen LogP contribution in [0.25, 0.3) is 22.0 Å². The number of aromatic nitrogens is 1. The zero-order valence-corrected chi connectivity index (χ0v) is 17.7. The molecule has 0 aliphatic carbocycles. The van der Waals surface area contributed by atoms with Gasteiger partial charge in [0.2, 0.25) is 0 Å². The lowest BCUT2D eigenvalue weighted by Crippen LogP contribution is -2.38. The molecule has 0 aliphatic rings. The standard InChI is InChI=1S/C23H26N2O5/c1-23(2,3)30-22(27)25-20(21(26)29-5)15-9-10-18(28-4)17(13-15)16-8-6-7-14-11-12-24-19(14)16/h6-13,20,24H,1-5H3,(H,25,27)/t20-/m1/s1. The van der Waals surface area contributed by atoms with E-state index in [1.165, 1.54) is 7.11 Å². The normalized spacial score (nSPS) is 12.3. The number of methoxy groups -OCH3 is 2. The van der Waals surface area contributed by atoms with Crippen LogP contribution >= 0.6 is 0 Å². The molecule has 3 aromatic rings. The van der Waals surface area contributed by atoms with Crippen molar-refractivity contribution in [1.29, 1.82) is 0 Å². The lowest BCUT2D eigenvalue weighted by Gasteiger charge is -2.23. The predicted octanol–water partition coefficient (Wildman–Crippen LogP) is 4.58. The minimum absolute atomic E-state index is 0.548. The summed E-state index contributed by atoms with van der Waals surface area (Å²) in [5.74, 6) is 0.0387. The third-order valence-corrected chi connectivity index (χ3v) is 4.53. The number of benzene rings is 2. The SMILES string of the molecule is COC(=O)[C@H](NC(=O)OC(C)(C)C)c1ccc(OC)c(-c2cccc3cc[nH]c23)c1. The van der Waals surface area contributed by atoms with Gasteiger partial charge >= 0.3 is 12.1 Å². The highest BCUT2D eigenvalue weighted by Crippen LogP contribution is 2.36. The Balaban J connectivity index is 2.05. The van der Waals surface area contributed by atoms with E-state index in [2.05, 4.69) is 10.3 Å². The van der Waals surface area contributed by atoms with Crippen LogP contribution in [0.15, 0.2) is 48.7 Å². The molecule has 0 aliphatic heterocycles. The summed E-state index contributed by atoms with van der Waals surface area (Å²) in [5, 5.41) is 3.66. The van der Waals surface area contributed by atoms with Gasteiger partial charge in [-0.05, 0) is 49.9 Å². The summed E-state index contributed by atoms with van der Waals surface area (Å²) in [6, 6.07) is 12.2. The highest BCUT2D eigenvalue weighted by atomic mass is 16.6. The van der Waals surface area contributed by atoms with Gasteiger partial charge in [-0.3, -0.25) is 0 Å². The monoisotopic (exact) mass is 410 g/mol. The van der Waals surface area contributed by atoms with Gasteiger partial charge in [0, 0.05) is 17.3 Å². The molecule has 0 fully saturated rings. The van der Waals surface area contributed by atoms with Gasteiger partial charge in [-0.2, -0.15) is 0 Å². The van der Waals surface area contributed by atoms with E-state index < -0.39 is 23.7 Å². The van der Waals surface area contributed by atoms with E-state index in [1.54, 1.807) is 40.0 Å². The number of hydrogen-bond acceptors (Lipinski definition) is 5. The number of nitrogens with one attached hydrogen (secondary N) is 2. The molecule has 0 saturated heterocycles. The lowest BCUT2D eigenvalue weighted by molar-refractivity contribution is -0.143. The molecule has 0 unspecified atom stereocenters. The summed E-state index contributed by atoms with van der Waals surface area (Å²) in [5.41, 5.74) is 2.49. The fourth-order valence-electron chi connectivity index (χ4n) is 3.25. The summed E-state index contributed by atoms with van der Waals surface area (Å²) in [4.78, 5) is 28.0. The highest BCUT2D eigenvalue weighted by Gasteiger charge is 2.27. The molecule has 3 rings (SSSR count).